The number of amides is 1. The number of rotatable bonds is 4. The first-order valence-corrected chi connectivity index (χ1v) is 6.82. The molecule has 0 aliphatic heterocycles. The first-order valence-electron chi connectivity index (χ1n) is 6.82. The molecular weight excluding hydrogens is 216 g/mol. The van der Waals surface area contributed by atoms with Crippen LogP contribution >= 0.6 is 0 Å². The summed E-state index contributed by atoms with van der Waals surface area (Å²) in [4.78, 5) is 10.7. The topological polar surface area (TPSA) is 75.4 Å². The van der Waals surface area contributed by atoms with E-state index in [2.05, 4.69) is 5.32 Å². The maximum Gasteiger partial charge on any atom is 0.247 e. The molecule has 98 valence electrons. The summed E-state index contributed by atoms with van der Waals surface area (Å²) in [6, 6.07) is 0.454. The number of carbonyl (C=O) groups excluding carboxylic acids is 1. The largest absolute Gasteiger partial charge is 0.382 e. The van der Waals surface area contributed by atoms with Crippen molar-refractivity contribution in [1.29, 1.82) is 0 Å². The van der Waals surface area contributed by atoms with Gasteiger partial charge in [0.15, 0.2) is 0 Å². The lowest BCUT2D eigenvalue weighted by atomic mass is 9.71. The Labute approximate surface area is 103 Å². The molecule has 1 atom stereocenters. The van der Waals surface area contributed by atoms with Gasteiger partial charge in [0.1, 0.15) is 6.10 Å². The van der Waals surface area contributed by atoms with Crippen LogP contribution in [0, 0.1) is 5.41 Å². The Morgan fingerprint density at radius 2 is 1.88 bits per heavy atom. The number of hydrogen-bond donors (Lipinski definition) is 3. The Morgan fingerprint density at radius 1 is 1.29 bits per heavy atom. The molecule has 0 aromatic heterocycles. The van der Waals surface area contributed by atoms with Crippen molar-refractivity contribution in [3.63, 3.8) is 0 Å². The van der Waals surface area contributed by atoms with Crippen molar-refractivity contribution in [1.82, 2.24) is 5.32 Å². The lowest BCUT2D eigenvalue weighted by molar-refractivity contribution is -0.125. The van der Waals surface area contributed by atoms with Crippen LogP contribution in [0.15, 0.2) is 0 Å². The van der Waals surface area contributed by atoms with Gasteiger partial charge in [-0.3, -0.25) is 4.79 Å². The van der Waals surface area contributed by atoms with E-state index in [1.807, 2.05) is 0 Å². The van der Waals surface area contributed by atoms with Crippen LogP contribution < -0.4 is 11.1 Å². The van der Waals surface area contributed by atoms with E-state index in [9.17, 15) is 9.90 Å². The van der Waals surface area contributed by atoms with Crippen molar-refractivity contribution in [3.05, 3.63) is 0 Å². The summed E-state index contributed by atoms with van der Waals surface area (Å²) in [5, 5.41) is 12.6. The monoisotopic (exact) mass is 240 g/mol. The van der Waals surface area contributed by atoms with Crippen molar-refractivity contribution < 1.29 is 9.90 Å². The number of carbonyl (C=O) groups is 1. The Morgan fingerprint density at radius 3 is 2.41 bits per heavy atom. The molecule has 0 aromatic carbocycles. The van der Waals surface area contributed by atoms with Crippen LogP contribution in [0.4, 0.5) is 0 Å². The number of hydrogen-bond acceptors (Lipinski definition) is 3. The van der Waals surface area contributed by atoms with Crippen molar-refractivity contribution in [2.45, 2.75) is 63.5 Å². The van der Waals surface area contributed by atoms with E-state index in [4.69, 9.17) is 5.73 Å². The molecule has 0 saturated heterocycles. The maximum atomic E-state index is 10.7. The van der Waals surface area contributed by atoms with Gasteiger partial charge in [-0.2, -0.15) is 0 Å². The second kappa shape index (κ2) is 5.36. The van der Waals surface area contributed by atoms with Gasteiger partial charge in [-0.15, -0.1) is 0 Å². The third-order valence-electron chi connectivity index (χ3n) is 4.64. The van der Waals surface area contributed by atoms with Crippen molar-refractivity contribution in [2.24, 2.45) is 11.1 Å². The molecule has 1 spiro atoms. The minimum atomic E-state index is -1.04. The summed E-state index contributed by atoms with van der Waals surface area (Å²) < 4.78 is 0. The van der Waals surface area contributed by atoms with Gasteiger partial charge < -0.3 is 16.2 Å². The van der Waals surface area contributed by atoms with Crippen LogP contribution in [-0.4, -0.2) is 29.7 Å². The zero-order valence-corrected chi connectivity index (χ0v) is 10.5. The van der Waals surface area contributed by atoms with Gasteiger partial charge in [0.05, 0.1) is 0 Å². The molecule has 1 amide bonds. The van der Waals surface area contributed by atoms with Crippen LogP contribution in [0.5, 0.6) is 0 Å². The van der Waals surface area contributed by atoms with Gasteiger partial charge in [0.25, 0.3) is 0 Å². The summed E-state index contributed by atoms with van der Waals surface area (Å²) in [7, 11) is 0. The highest BCUT2D eigenvalue weighted by Crippen LogP contribution is 2.48. The van der Waals surface area contributed by atoms with Crippen LogP contribution in [0.1, 0.15) is 51.4 Å². The molecule has 0 heterocycles. The number of nitrogens with two attached hydrogens (primary N) is 1. The molecule has 2 saturated carbocycles. The smallest absolute Gasteiger partial charge is 0.247 e. The van der Waals surface area contributed by atoms with E-state index in [0.29, 0.717) is 18.0 Å². The molecule has 17 heavy (non-hydrogen) atoms. The average molecular weight is 240 g/mol. The molecule has 0 aromatic rings. The van der Waals surface area contributed by atoms with Gasteiger partial charge in [-0.25, -0.2) is 0 Å². The molecular formula is C13H24N2O2. The van der Waals surface area contributed by atoms with Crippen molar-refractivity contribution in [2.75, 3.05) is 6.54 Å². The van der Waals surface area contributed by atoms with Gasteiger partial charge >= 0.3 is 0 Å². The van der Waals surface area contributed by atoms with Crippen LogP contribution in [-0.2, 0) is 4.79 Å². The molecule has 4 N–H and O–H groups in total. The minimum Gasteiger partial charge on any atom is -0.382 e. The van der Waals surface area contributed by atoms with Gasteiger partial charge in [-0.05, 0) is 43.9 Å². The average Bonchev–Trinajstić information content (AvgIpc) is 2.76. The molecule has 0 radical (unpaired) electrons. The predicted molar refractivity (Wildman–Crippen MR) is 66.4 cm³/mol. The van der Waals surface area contributed by atoms with E-state index in [-0.39, 0.29) is 0 Å². The normalized spacial score (nSPS) is 26.2. The van der Waals surface area contributed by atoms with Crippen LogP contribution in [0.25, 0.3) is 0 Å². The summed E-state index contributed by atoms with van der Waals surface area (Å²) in [5.74, 6) is -0.638. The van der Waals surface area contributed by atoms with E-state index < -0.39 is 12.0 Å². The molecule has 4 nitrogen and oxygen atoms in total. The predicted octanol–water partition coefficient (Wildman–Crippen LogP) is 0.925. The van der Waals surface area contributed by atoms with E-state index in [1.54, 1.807) is 0 Å². The lowest BCUT2D eigenvalue weighted by Crippen LogP contribution is -2.44. The SMILES string of the molecule is NC(=O)C(O)CNC1CCC2(CCCC2)CC1. The number of aliphatic hydroxyl groups excluding tert-OH is 1. The first kappa shape index (κ1) is 12.8. The molecule has 1 unspecified atom stereocenters. The molecule has 2 aliphatic carbocycles. The zero-order chi connectivity index (χ0) is 12.3. The standard InChI is InChI=1S/C13H24N2O2/c14-12(17)11(16)9-15-10-3-7-13(8-4-10)5-1-2-6-13/h10-11,15-16H,1-9H2,(H2,14,17). The molecule has 0 bridgehead atoms. The lowest BCUT2D eigenvalue weighted by Gasteiger charge is -2.37. The van der Waals surface area contributed by atoms with Gasteiger partial charge in [-0.1, -0.05) is 12.8 Å². The highest BCUT2D eigenvalue weighted by atomic mass is 16.3. The van der Waals surface area contributed by atoms with E-state index in [1.165, 1.54) is 51.4 Å². The van der Waals surface area contributed by atoms with Crippen molar-refractivity contribution in [3.8, 4) is 0 Å². The molecule has 2 fully saturated rings. The van der Waals surface area contributed by atoms with Crippen LogP contribution in [0.2, 0.25) is 0 Å². The third-order valence-corrected chi connectivity index (χ3v) is 4.64. The highest BCUT2D eigenvalue weighted by molar-refractivity contribution is 5.78. The first-order chi connectivity index (χ1) is 8.11. The van der Waals surface area contributed by atoms with E-state index in [0.717, 1.165) is 0 Å². The molecule has 2 rings (SSSR count). The van der Waals surface area contributed by atoms with Gasteiger partial charge in [0, 0.05) is 12.6 Å². The quantitative estimate of drug-likeness (QED) is 0.684. The zero-order valence-electron chi connectivity index (χ0n) is 10.5. The van der Waals surface area contributed by atoms with Crippen molar-refractivity contribution >= 4 is 5.91 Å². The van der Waals surface area contributed by atoms with Gasteiger partial charge in [0.2, 0.25) is 5.91 Å². The van der Waals surface area contributed by atoms with E-state index >= 15 is 0 Å². The Kier molecular flexibility index (Phi) is 4.05. The second-order valence-corrected chi connectivity index (χ2v) is 5.81. The fraction of sp³-hybridized carbons (Fsp3) is 0.923. The van der Waals surface area contributed by atoms with Crippen LogP contribution in [0.3, 0.4) is 0 Å². The Hall–Kier alpha value is -0.610. The summed E-state index contributed by atoms with van der Waals surface area (Å²) >= 11 is 0. The number of aliphatic hydroxyl groups is 1. The maximum absolute atomic E-state index is 10.7. The summed E-state index contributed by atoms with van der Waals surface area (Å²) in [5.41, 5.74) is 5.66. The summed E-state index contributed by atoms with van der Waals surface area (Å²) in [6.07, 6.45) is 9.52. The Balaban J connectivity index is 1.70. The number of primary amides is 1. The fourth-order valence-electron chi connectivity index (χ4n) is 3.44. The third kappa shape index (κ3) is 3.19. The highest BCUT2D eigenvalue weighted by Gasteiger charge is 2.37. The minimum absolute atomic E-state index is 0.299. The summed E-state index contributed by atoms with van der Waals surface area (Å²) in [6.45, 7) is 0.299. The fourth-order valence-corrected chi connectivity index (χ4v) is 3.44. The molecule has 2 aliphatic rings. The Bertz CT molecular complexity index is 265. The molecule has 4 heteroatoms. The second-order valence-electron chi connectivity index (χ2n) is 5.81. The number of nitrogens with one attached hydrogen (secondary N) is 1.